The summed E-state index contributed by atoms with van der Waals surface area (Å²) < 4.78 is 6.36. The zero-order valence-electron chi connectivity index (χ0n) is 15.2. The van der Waals surface area contributed by atoms with Crippen LogP contribution in [-0.4, -0.2) is 12.7 Å². The average molecular weight is 433 g/mol. The number of anilines is 1. The molecule has 138 valence electrons. The second-order valence-electron chi connectivity index (χ2n) is 6.71. The van der Waals surface area contributed by atoms with Crippen LogP contribution in [0.1, 0.15) is 28.2 Å². The van der Waals surface area contributed by atoms with Gasteiger partial charge in [-0.1, -0.05) is 64.5 Å². The molecule has 3 aromatic carbocycles. The first kappa shape index (κ1) is 18.3. The van der Waals surface area contributed by atoms with Gasteiger partial charge < -0.3 is 4.74 Å². The molecule has 0 saturated heterocycles. The topological polar surface area (TPSA) is 62.1 Å². The van der Waals surface area contributed by atoms with Crippen molar-refractivity contribution >= 4 is 27.7 Å². The van der Waals surface area contributed by atoms with Crippen molar-refractivity contribution in [1.29, 1.82) is 5.26 Å². The summed E-state index contributed by atoms with van der Waals surface area (Å²) in [7, 11) is 0. The summed E-state index contributed by atoms with van der Waals surface area (Å²) in [5.74, 6) is 0.000223. The second-order valence-corrected chi connectivity index (χ2v) is 7.56. The highest BCUT2D eigenvalue weighted by atomic mass is 79.9. The highest BCUT2D eigenvalue weighted by Gasteiger charge is 2.29. The Balaban J connectivity index is 1.52. The van der Waals surface area contributed by atoms with Crippen LogP contribution in [0.25, 0.3) is 11.1 Å². The smallest absolute Gasteiger partial charge is 0.411 e. The van der Waals surface area contributed by atoms with Crippen LogP contribution in [0.4, 0.5) is 10.5 Å². The third-order valence-electron chi connectivity index (χ3n) is 5.00. The van der Waals surface area contributed by atoms with Gasteiger partial charge in [0.05, 0.1) is 11.3 Å². The molecular weight excluding hydrogens is 416 g/mol. The van der Waals surface area contributed by atoms with E-state index in [0.717, 1.165) is 21.2 Å². The highest BCUT2D eigenvalue weighted by Crippen LogP contribution is 2.44. The van der Waals surface area contributed by atoms with E-state index in [-0.39, 0.29) is 12.5 Å². The van der Waals surface area contributed by atoms with Gasteiger partial charge in [0, 0.05) is 10.4 Å². The molecule has 0 aliphatic heterocycles. The molecule has 0 bridgehead atoms. The first-order chi connectivity index (χ1) is 13.6. The van der Waals surface area contributed by atoms with E-state index in [1.54, 1.807) is 12.1 Å². The van der Waals surface area contributed by atoms with Gasteiger partial charge in [0.15, 0.2) is 0 Å². The maximum absolute atomic E-state index is 12.4. The van der Waals surface area contributed by atoms with E-state index >= 15 is 0 Å². The Morgan fingerprint density at radius 2 is 1.71 bits per heavy atom. The number of nitrogens with zero attached hydrogens (tertiary/aromatic N) is 1. The fourth-order valence-electron chi connectivity index (χ4n) is 3.62. The van der Waals surface area contributed by atoms with Gasteiger partial charge in [-0.15, -0.1) is 0 Å². The number of halogens is 1. The molecule has 0 saturated carbocycles. The predicted molar refractivity (Wildman–Crippen MR) is 112 cm³/mol. The van der Waals surface area contributed by atoms with Gasteiger partial charge in [-0.25, -0.2) is 4.79 Å². The van der Waals surface area contributed by atoms with Crippen LogP contribution in [0.5, 0.6) is 0 Å². The lowest BCUT2D eigenvalue weighted by molar-refractivity contribution is 0.158. The largest absolute Gasteiger partial charge is 0.448 e. The van der Waals surface area contributed by atoms with E-state index < -0.39 is 6.09 Å². The average Bonchev–Trinajstić information content (AvgIpc) is 3.03. The minimum atomic E-state index is -0.569. The molecule has 4 rings (SSSR count). The number of carbonyl (C=O) groups excluding carboxylic acids is 1. The first-order valence-electron chi connectivity index (χ1n) is 8.90. The summed E-state index contributed by atoms with van der Waals surface area (Å²) in [6.45, 7) is 2.13. The highest BCUT2D eigenvalue weighted by molar-refractivity contribution is 9.10. The number of amides is 1. The van der Waals surface area contributed by atoms with Crippen molar-refractivity contribution in [3.05, 3.63) is 87.4 Å². The van der Waals surface area contributed by atoms with Crippen molar-refractivity contribution in [3.8, 4) is 17.2 Å². The van der Waals surface area contributed by atoms with Crippen LogP contribution in [0, 0.1) is 18.3 Å². The Morgan fingerprint density at radius 1 is 1.11 bits per heavy atom. The molecule has 1 aliphatic rings. The van der Waals surface area contributed by atoms with Crippen molar-refractivity contribution in [2.45, 2.75) is 12.8 Å². The Morgan fingerprint density at radius 3 is 2.32 bits per heavy atom. The molecule has 0 atom stereocenters. The second kappa shape index (κ2) is 7.49. The van der Waals surface area contributed by atoms with Crippen LogP contribution >= 0.6 is 15.9 Å². The predicted octanol–water partition coefficient (Wildman–Crippen LogP) is 5.99. The number of hydrogen-bond acceptors (Lipinski definition) is 3. The summed E-state index contributed by atoms with van der Waals surface area (Å²) in [6.07, 6.45) is -0.569. The Labute approximate surface area is 171 Å². The molecule has 4 nitrogen and oxygen atoms in total. The van der Waals surface area contributed by atoms with Crippen molar-refractivity contribution in [3.63, 3.8) is 0 Å². The van der Waals surface area contributed by atoms with E-state index in [4.69, 9.17) is 4.74 Å². The van der Waals surface area contributed by atoms with Gasteiger partial charge in [0.2, 0.25) is 0 Å². The van der Waals surface area contributed by atoms with Crippen LogP contribution < -0.4 is 5.32 Å². The molecule has 0 heterocycles. The maximum Gasteiger partial charge on any atom is 0.411 e. The number of ether oxygens (including phenoxy) is 1. The van der Waals surface area contributed by atoms with Crippen LogP contribution in [-0.2, 0) is 4.74 Å². The summed E-state index contributed by atoms with van der Waals surface area (Å²) in [6, 6.07) is 21.9. The van der Waals surface area contributed by atoms with Gasteiger partial charge in [-0.2, -0.15) is 5.26 Å². The number of rotatable bonds is 3. The zero-order chi connectivity index (χ0) is 19.7. The monoisotopic (exact) mass is 432 g/mol. The molecule has 0 aromatic heterocycles. The van der Waals surface area contributed by atoms with Crippen molar-refractivity contribution in [2.75, 3.05) is 11.9 Å². The van der Waals surface area contributed by atoms with E-state index in [2.05, 4.69) is 51.6 Å². The number of aryl methyl sites for hydroxylation is 1. The van der Waals surface area contributed by atoms with Gasteiger partial charge in [0.1, 0.15) is 12.7 Å². The van der Waals surface area contributed by atoms with E-state index in [9.17, 15) is 10.1 Å². The minimum Gasteiger partial charge on any atom is -0.448 e. The summed E-state index contributed by atoms with van der Waals surface area (Å²) in [5.41, 5.74) is 6.44. The van der Waals surface area contributed by atoms with Crippen molar-refractivity contribution in [2.24, 2.45) is 0 Å². The standard InChI is InChI=1S/C23H17BrN2O2/c1-14-10-22(15(12-25)11-21(14)24)26-23(27)28-13-20-18-8-4-2-6-16(18)17-7-3-5-9-19(17)20/h2-11,20H,13H2,1H3,(H,26,27). The first-order valence-corrected chi connectivity index (χ1v) is 9.70. The molecule has 28 heavy (non-hydrogen) atoms. The lowest BCUT2D eigenvalue weighted by Gasteiger charge is -2.15. The maximum atomic E-state index is 12.4. The lowest BCUT2D eigenvalue weighted by atomic mass is 9.98. The third-order valence-corrected chi connectivity index (χ3v) is 5.85. The van der Waals surface area contributed by atoms with Crippen LogP contribution in [0.2, 0.25) is 0 Å². The lowest BCUT2D eigenvalue weighted by Crippen LogP contribution is -2.18. The molecular formula is C23H17BrN2O2. The SMILES string of the molecule is Cc1cc(NC(=O)OCC2c3ccccc3-c3ccccc32)c(C#N)cc1Br. The minimum absolute atomic E-state index is 0.000223. The van der Waals surface area contributed by atoms with Gasteiger partial charge in [-0.05, 0) is 46.9 Å². The molecule has 0 unspecified atom stereocenters. The van der Waals surface area contributed by atoms with Gasteiger partial charge >= 0.3 is 6.09 Å². The van der Waals surface area contributed by atoms with Gasteiger partial charge in [-0.3, -0.25) is 5.32 Å². The molecule has 0 fully saturated rings. The summed E-state index contributed by atoms with van der Waals surface area (Å²) >= 11 is 3.40. The van der Waals surface area contributed by atoms with Crippen LogP contribution in [0.3, 0.4) is 0 Å². The van der Waals surface area contributed by atoms with Crippen LogP contribution in [0.15, 0.2) is 65.1 Å². The van der Waals surface area contributed by atoms with E-state index in [1.807, 2.05) is 31.2 Å². The summed E-state index contributed by atoms with van der Waals surface area (Å²) in [5, 5.41) is 12.0. The number of benzene rings is 3. The molecule has 1 N–H and O–H groups in total. The number of nitrogens with one attached hydrogen (secondary N) is 1. The van der Waals surface area contributed by atoms with E-state index in [0.29, 0.717) is 11.3 Å². The number of carbonyl (C=O) groups is 1. The molecule has 3 aromatic rings. The molecule has 1 amide bonds. The van der Waals surface area contributed by atoms with Crippen molar-refractivity contribution in [1.82, 2.24) is 0 Å². The molecule has 5 heteroatoms. The summed E-state index contributed by atoms with van der Waals surface area (Å²) in [4.78, 5) is 12.4. The number of fused-ring (bicyclic) bond motifs is 3. The van der Waals surface area contributed by atoms with E-state index in [1.165, 1.54) is 11.1 Å². The molecule has 0 radical (unpaired) electrons. The number of hydrogen-bond donors (Lipinski definition) is 1. The Kier molecular flexibility index (Phi) is 4.89. The van der Waals surface area contributed by atoms with Gasteiger partial charge in [0.25, 0.3) is 0 Å². The Bertz CT molecular complexity index is 1070. The Hall–Kier alpha value is -3.10. The zero-order valence-corrected chi connectivity index (χ0v) is 16.8. The third kappa shape index (κ3) is 3.28. The molecule has 1 aliphatic carbocycles. The number of nitriles is 1. The normalized spacial score (nSPS) is 12.0. The van der Waals surface area contributed by atoms with Crippen molar-refractivity contribution < 1.29 is 9.53 Å². The quantitative estimate of drug-likeness (QED) is 0.552. The molecule has 0 spiro atoms. The fraction of sp³-hybridized carbons (Fsp3) is 0.130. The fourth-order valence-corrected chi connectivity index (χ4v) is 3.97.